The van der Waals surface area contributed by atoms with Gasteiger partial charge in [-0.25, -0.2) is 4.98 Å². The summed E-state index contributed by atoms with van der Waals surface area (Å²) >= 11 is 0. The van der Waals surface area contributed by atoms with E-state index in [2.05, 4.69) is 17.2 Å². The van der Waals surface area contributed by atoms with Gasteiger partial charge in [0, 0.05) is 0 Å². The lowest BCUT2D eigenvalue weighted by atomic mass is 10.2. The van der Waals surface area contributed by atoms with Crippen LogP contribution in [0.3, 0.4) is 0 Å². The zero-order valence-corrected chi connectivity index (χ0v) is 12.3. The number of aromatic nitrogens is 1. The first-order chi connectivity index (χ1) is 10.2. The Morgan fingerprint density at radius 2 is 2.05 bits per heavy atom. The molecule has 0 fully saturated rings. The van der Waals surface area contributed by atoms with E-state index in [1.807, 2.05) is 49.4 Å². The Bertz CT molecular complexity index is 634. The predicted molar refractivity (Wildman–Crippen MR) is 83.3 cm³/mol. The molecule has 2 aromatic rings. The van der Waals surface area contributed by atoms with Crippen molar-refractivity contribution in [1.82, 2.24) is 4.98 Å². The van der Waals surface area contributed by atoms with Gasteiger partial charge in [-0.2, -0.15) is 5.26 Å². The predicted octanol–water partition coefficient (Wildman–Crippen LogP) is 3.53. The maximum absolute atomic E-state index is 8.85. The van der Waals surface area contributed by atoms with Crippen molar-refractivity contribution in [3.05, 3.63) is 53.7 Å². The molecule has 0 radical (unpaired) electrons. The molecule has 0 saturated heterocycles. The van der Waals surface area contributed by atoms with E-state index in [-0.39, 0.29) is 6.10 Å². The fraction of sp³-hybridized carbons (Fsp3) is 0.294. The number of nitrogens with zero attached hydrogens (tertiary/aromatic N) is 2. The Hall–Kier alpha value is -2.54. The first-order valence-electron chi connectivity index (χ1n) is 7.06. The van der Waals surface area contributed by atoms with Crippen LogP contribution in [0.4, 0.5) is 5.82 Å². The Kier molecular flexibility index (Phi) is 5.16. The summed E-state index contributed by atoms with van der Waals surface area (Å²) in [4.78, 5) is 4.19. The summed E-state index contributed by atoms with van der Waals surface area (Å²) in [5, 5.41) is 12.1. The van der Waals surface area contributed by atoms with Gasteiger partial charge in [0.2, 0.25) is 0 Å². The molecule has 0 saturated carbocycles. The molecule has 1 aromatic heterocycles. The molecule has 1 atom stereocenters. The van der Waals surface area contributed by atoms with E-state index in [0.29, 0.717) is 18.1 Å². The minimum Gasteiger partial charge on any atom is -0.488 e. The number of rotatable bonds is 6. The summed E-state index contributed by atoms with van der Waals surface area (Å²) in [6.07, 6.45) is 0.942. The van der Waals surface area contributed by atoms with E-state index in [9.17, 15) is 0 Å². The van der Waals surface area contributed by atoms with Crippen molar-refractivity contribution in [3.8, 4) is 11.8 Å². The highest BCUT2D eigenvalue weighted by atomic mass is 16.5. The lowest BCUT2D eigenvalue weighted by Crippen LogP contribution is -2.26. The fourth-order valence-corrected chi connectivity index (χ4v) is 1.95. The van der Waals surface area contributed by atoms with Crippen molar-refractivity contribution in [2.75, 3.05) is 11.9 Å². The monoisotopic (exact) mass is 281 g/mol. The zero-order chi connectivity index (χ0) is 15.1. The van der Waals surface area contributed by atoms with Crippen molar-refractivity contribution >= 4 is 5.82 Å². The molecular weight excluding hydrogens is 262 g/mol. The quantitative estimate of drug-likeness (QED) is 0.880. The molecule has 0 aliphatic heterocycles. The number of hydrogen-bond donors (Lipinski definition) is 1. The number of benzene rings is 1. The molecule has 108 valence electrons. The third-order valence-electron chi connectivity index (χ3n) is 3.22. The van der Waals surface area contributed by atoms with E-state index in [0.717, 1.165) is 17.7 Å². The number of ether oxygens (including phenoxy) is 1. The van der Waals surface area contributed by atoms with Gasteiger partial charge in [0.1, 0.15) is 29.4 Å². The number of nitriles is 1. The molecule has 1 N–H and O–H groups in total. The van der Waals surface area contributed by atoms with Gasteiger partial charge in [0.15, 0.2) is 0 Å². The van der Waals surface area contributed by atoms with Crippen molar-refractivity contribution < 1.29 is 4.74 Å². The van der Waals surface area contributed by atoms with Gasteiger partial charge in [-0.3, -0.25) is 0 Å². The Morgan fingerprint density at radius 1 is 1.24 bits per heavy atom. The molecule has 21 heavy (non-hydrogen) atoms. The van der Waals surface area contributed by atoms with E-state index in [1.165, 1.54) is 0 Å². The van der Waals surface area contributed by atoms with Crippen LogP contribution >= 0.6 is 0 Å². The number of hydrogen-bond acceptors (Lipinski definition) is 4. The lowest BCUT2D eigenvalue weighted by Gasteiger charge is -2.19. The van der Waals surface area contributed by atoms with Gasteiger partial charge in [-0.05, 0) is 37.1 Å². The third kappa shape index (κ3) is 4.22. The van der Waals surface area contributed by atoms with Gasteiger partial charge in [0.25, 0.3) is 0 Å². The number of para-hydroxylation sites is 1. The van der Waals surface area contributed by atoms with E-state index < -0.39 is 0 Å². The molecule has 0 aliphatic carbocycles. The van der Waals surface area contributed by atoms with Gasteiger partial charge in [-0.15, -0.1) is 0 Å². The average molecular weight is 281 g/mol. The number of anilines is 1. The molecule has 0 bridgehead atoms. The Morgan fingerprint density at radius 3 is 2.76 bits per heavy atom. The van der Waals surface area contributed by atoms with E-state index in [1.54, 1.807) is 6.07 Å². The summed E-state index contributed by atoms with van der Waals surface area (Å²) in [7, 11) is 0. The molecule has 0 amide bonds. The van der Waals surface area contributed by atoms with Crippen molar-refractivity contribution in [3.63, 3.8) is 0 Å². The first kappa shape index (κ1) is 14.9. The number of pyridine rings is 1. The van der Waals surface area contributed by atoms with Crippen LogP contribution in [0, 0.1) is 18.3 Å². The van der Waals surface area contributed by atoms with Gasteiger partial charge >= 0.3 is 0 Å². The molecular formula is C17H19N3O. The second kappa shape index (κ2) is 7.30. The van der Waals surface area contributed by atoms with Gasteiger partial charge in [-0.1, -0.05) is 31.2 Å². The smallest absolute Gasteiger partial charge is 0.142 e. The molecule has 1 unspecified atom stereocenters. The van der Waals surface area contributed by atoms with Crippen LogP contribution < -0.4 is 10.1 Å². The van der Waals surface area contributed by atoms with E-state index >= 15 is 0 Å². The van der Waals surface area contributed by atoms with Crippen molar-refractivity contribution in [2.24, 2.45) is 0 Å². The summed E-state index contributed by atoms with van der Waals surface area (Å²) in [6.45, 7) is 4.77. The average Bonchev–Trinajstić information content (AvgIpc) is 2.53. The van der Waals surface area contributed by atoms with Crippen LogP contribution in [0.25, 0.3) is 0 Å². The minimum atomic E-state index is 0.0543. The summed E-state index contributed by atoms with van der Waals surface area (Å²) in [6, 6.07) is 15.4. The molecule has 0 spiro atoms. The Labute approximate surface area is 125 Å². The number of aryl methyl sites for hydroxylation is 1. The summed E-state index contributed by atoms with van der Waals surface area (Å²) in [5.41, 5.74) is 1.54. The highest BCUT2D eigenvalue weighted by Crippen LogP contribution is 2.19. The maximum Gasteiger partial charge on any atom is 0.142 e. The van der Waals surface area contributed by atoms with Crippen molar-refractivity contribution in [2.45, 2.75) is 26.4 Å². The largest absolute Gasteiger partial charge is 0.488 e. The van der Waals surface area contributed by atoms with Gasteiger partial charge < -0.3 is 10.1 Å². The normalized spacial score (nSPS) is 11.5. The minimum absolute atomic E-state index is 0.0543. The van der Waals surface area contributed by atoms with E-state index in [4.69, 9.17) is 10.00 Å². The molecule has 4 nitrogen and oxygen atoms in total. The third-order valence-corrected chi connectivity index (χ3v) is 3.22. The maximum atomic E-state index is 8.85. The highest BCUT2D eigenvalue weighted by Gasteiger charge is 2.10. The highest BCUT2D eigenvalue weighted by molar-refractivity contribution is 5.38. The fourth-order valence-electron chi connectivity index (χ4n) is 1.95. The topological polar surface area (TPSA) is 57.9 Å². The summed E-state index contributed by atoms with van der Waals surface area (Å²) < 4.78 is 6.02. The van der Waals surface area contributed by atoms with Crippen LogP contribution in [-0.4, -0.2) is 17.6 Å². The number of nitrogens with one attached hydrogen (secondary N) is 1. The zero-order valence-electron chi connectivity index (χ0n) is 12.3. The summed E-state index contributed by atoms with van der Waals surface area (Å²) in [5.74, 6) is 1.60. The van der Waals surface area contributed by atoms with Gasteiger partial charge in [0.05, 0.1) is 6.54 Å². The standard InChI is InChI=1S/C17H19N3O/c1-3-15(21-16-9-5-4-7-13(16)2)12-19-17-10-6-8-14(11-18)20-17/h4-10,15H,3,12H2,1-2H3,(H,19,20). The van der Waals surface area contributed by atoms with Crippen molar-refractivity contribution in [1.29, 1.82) is 5.26 Å². The van der Waals surface area contributed by atoms with Crippen LogP contribution in [0.15, 0.2) is 42.5 Å². The molecule has 4 heteroatoms. The van der Waals surface area contributed by atoms with Crippen LogP contribution in [-0.2, 0) is 0 Å². The Balaban J connectivity index is 1.96. The lowest BCUT2D eigenvalue weighted by molar-refractivity contribution is 0.208. The second-order valence-corrected chi connectivity index (χ2v) is 4.81. The molecule has 2 rings (SSSR count). The molecule has 1 heterocycles. The van der Waals surface area contributed by atoms with Crippen LogP contribution in [0.1, 0.15) is 24.6 Å². The second-order valence-electron chi connectivity index (χ2n) is 4.81. The SMILES string of the molecule is CCC(CNc1cccc(C#N)n1)Oc1ccccc1C. The molecule has 0 aliphatic rings. The first-order valence-corrected chi connectivity index (χ1v) is 7.06. The van der Waals surface area contributed by atoms with Crippen LogP contribution in [0.2, 0.25) is 0 Å². The molecule has 1 aromatic carbocycles. The van der Waals surface area contributed by atoms with Crippen LogP contribution in [0.5, 0.6) is 5.75 Å².